The molecule has 3 atom stereocenters. The second kappa shape index (κ2) is 6.03. The first-order valence-electron chi connectivity index (χ1n) is 6.91. The maximum atomic E-state index is 12.4. The average Bonchev–Trinajstić information content (AvgIpc) is 2.80. The van der Waals surface area contributed by atoms with Crippen LogP contribution in [-0.4, -0.2) is 64.1 Å². The van der Waals surface area contributed by atoms with Crippen LogP contribution in [0.3, 0.4) is 0 Å². The number of carboxylic acid groups (broad SMARTS) is 1. The highest BCUT2D eigenvalue weighted by Crippen LogP contribution is 2.26. The Morgan fingerprint density at radius 2 is 2.00 bits per heavy atom. The first-order chi connectivity index (χ1) is 9.02. The topological polar surface area (TPSA) is 60.9 Å². The second-order valence-corrected chi connectivity index (χ2v) is 6.86. The third-order valence-electron chi connectivity index (χ3n) is 4.06. The van der Waals surface area contributed by atoms with Gasteiger partial charge in [0.1, 0.15) is 0 Å². The van der Waals surface area contributed by atoms with Crippen molar-refractivity contribution in [3.8, 4) is 0 Å². The summed E-state index contributed by atoms with van der Waals surface area (Å²) in [5, 5.41) is 9.64. The van der Waals surface area contributed by atoms with Crippen LogP contribution in [0, 0.1) is 11.8 Å². The van der Waals surface area contributed by atoms with Crippen molar-refractivity contribution in [2.24, 2.45) is 11.8 Å². The Morgan fingerprint density at radius 1 is 1.26 bits per heavy atom. The lowest BCUT2D eigenvalue weighted by molar-refractivity contribution is -0.142. The first-order valence-corrected chi connectivity index (χ1v) is 7.96. The van der Waals surface area contributed by atoms with Gasteiger partial charge >= 0.3 is 12.0 Å². The fourth-order valence-electron chi connectivity index (χ4n) is 2.78. The van der Waals surface area contributed by atoms with E-state index in [0.717, 1.165) is 25.3 Å². The smallest absolute Gasteiger partial charge is 0.320 e. The molecule has 0 bridgehead atoms. The van der Waals surface area contributed by atoms with Gasteiger partial charge in [-0.05, 0) is 12.3 Å². The van der Waals surface area contributed by atoms with E-state index in [-0.39, 0.29) is 11.9 Å². The van der Waals surface area contributed by atoms with Gasteiger partial charge in [0.25, 0.3) is 0 Å². The molecular weight excluding hydrogens is 264 g/mol. The molecule has 2 saturated heterocycles. The van der Waals surface area contributed by atoms with Crippen molar-refractivity contribution in [2.45, 2.75) is 25.5 Å². The average molecular weight is 286 g/mol. The molecule has 2 fully saturated rings. The second-order valence-electron chi connectivity index (χ2n) is 5.46. The highest BCUT2D eigenvalue weighted by atomic mass is 32.2. The summed E-state index contributed by atoms with van der Waals surface area (Å²) in [6.45, 7) is 6.55. The monoisotopic (exact) mass is 286 g/mol. The van der Waals surface area contributed by atoms with E-state index < -0.39 is 11.9 Å². The zero-order valence-electron chi connectivity index (χ0n) is 11.5. The molecule has 6 heteroatoms. The van der Waals surface area contributed by atoms with Gasteiger partial charge in [-0.3, -0.25) is 4.79 Å². The minimum Gasteiger partial charge on any atom is -0.481 e. The summed E-state index contributed by atoms with van der Waals surface area (Å²) >= 11 is 1.93. The molecule has 0 aromatic heterocycles. The number of nitrogens with zero attached hydrogens (tertiary/aromatic N) is 2. The third-order valence-corrected chi connectivity index (χ3v) is 5.44. The number of carbonyl (C=O) groups is 2. The fraction of sp³-hybridized carbons (Fsp3) is 0.846. The van der Waals surface area contributed by atoms with Crippen LogP contribution >= 0.6 is 11.8 Å². The van der Waals surface area contributed by atoms with Crippen LogP contribution in [-0.2, 0) is 4.79 Å². The van der Waals surface area contributed by atoms with Gasteiger partial charge in [-0.25, -0.2) is 4.79 Å². The number of urea groups is 1. The van der Waals surface area contributed by atoms with Crippen LogP contribution in [0.15, 0.2) is 0 Å². The summed E-state index contributed by atoms with van der Waals surface area (Å²) in [6.07, 6.45) is 1.07. The van der Waals surface area contributed by atoms with Gasteiger partial charge in [0.05, 0.1) is 5.92 Å². The highest BCUT2D eigenvalue weighted by molar-refractivity contribution is 8.00. The van der Waals surface area contributed by atoms with Gasteiger partial charge in [0, 0.05) is 37.2 Å². The van der Waals surface area contributed by atoms with E-state index in [1.54, 1.807) is 4.90 Å². The minimum atomic E-state index is -0.788. The Balaban J connectivity index is 1.95. The number of carbonyl (C=O) groups excluding carboxylic acids is 1. The maximum Gasteiger partial charge on any atom is 0.320 e. The normalized spacial score (nSPS) is 31.6. The van der Waals surface area contributed by atoms with Crippen LogP contribution in [0.25, 0.3) is 0 Å². The van der Waals surface area contributed by atoms with E-state index in [1.807, 2.05) is 23.6 Å². The Kier molecular flexibility index (Phi) is 4.60. The van der Waals surface area contributed by atoms with Gasteiger partial charge in [0.2, 0.25) is 0 Å². The minimum absolute atomic E-state index is 0.0225. The summed E-state index contributed by atoms with van der Waals surface area (Å²) in [5.74, 6) is -0.174. The molecule has 1 N–H and O–H groups in total. The van der Waals surface area contributed by atoms with Gasteiger partial charge in [-0.1, -0.05) is 13.8 Å². The van der Waals surface area contributed by atoms with E-state index >= 15 is 0 Å². The number of thioether (sulfide) groups is 1. The Bertz CT molecular complexity index is 364. The number of rotatable bonds is 2. The lowest BCUT2D eigenvalue weighted by Gasteiger charge is -2.34. The number of carboxylic acids is 1. The lowest BCUT2D eigenvalue weighted by atomic mass is 9.99. The van der Waals surface area contributed by atoms with Gasteiger partial charge < -0.3 is 14.9 Å². The lowest BCUT2D eigenvalue weighted by Crippen LogP contribution is -2.48. The molecule has 108 valence electrons. The molecule has 0 aliphatic carbocycles. The summed E-state index contributed by atoms with van der Waals surface area (Å²) in [4.78, 5) is 27.1. The molecule has 2 amide bonds. The van der Waals surface area contributed by atoms with Gasteiger partial charge in [-0.2, -0.15) is 11.8 Å². The van der Waals surface area contributed by atoms with Gasteiger partial charge in [0.15, 0.2) is 0 Å². The van der Waals surface area contributed by atoms with E-state index in [9.17, 15) is 9.59 Å². The van der Waals surface area contributed by atoms with Crippen molar-refractivity contribution in [2.75, 3.05) is 31.9 Å². The fourth-order valence-corrected chi connectivity index (χ4v) is 3.96. The maximum absolute atomic E-state index is 12.4. The summed E-state index contributed by atoms with van der Waals surface area (Å²) in [6, 6.07) is 0.0225. The van der Waals surface area contributed by atoms with Crippen LogP contribution in [0.1, 0.15) is 20.3 Å². The molecule has 19 heavy (non-hydrogen) atoms. The number of likely N-dealkylation sites (tertiary alicyclic amines) is 1. The van der Waals surface area contributed by atoms with Crippen molar-refractivity contribution >= 4 is 23.8 Å². The Morgan fingerprint density at radius 3 is 2.58 bits per heavy atom. The molecule has 0 radical (unpaired) electrons. The van der Waals surface area contributed by atoms with E-state index in [0.29, 0.717) is 18.3 Å². The quantitative estimate of drug-likeness (QED) is 0.837. The molecule has 2 aliphatic heterocycles. The highest BCUT2D eigenvalue weighted by Gasteiger charge is 2.39. The third kappa shape index (κ3) is 3.16. The largest absolute Gasteiger partial charge is 0.481 e. The van der Waals surface area contributed by atoms with Crippen LogP contribution in [0.5, 0.6) is 0 Å². The van der Waals surface area contributed by atoms with Crippen LogP contribution < -0.4 is 0 Å². The molecule has 0 saturated carbocycles. The number of hydrogen-bond acceptors (Lipinski definition) is 3. The molecule has 0 aromatic rings. The van der Waals surface area contributed by atoms with Crippen LogP contribution in [0.2, 0.25) is 0 Å². The zero-order chi connectivity index (χ0) is 14.0. The van der Waals surface area contributed by atoms with Crippen molar-refractivity contribution in [3.05, 3.63) is 0 Å². The molecular formula is C13H22N2O3S. The molecule has 2 heterocycles. The molecule has 1 unspecified atom stereocenters. The summed E-state index contributed by atoms with van der Waals surface area (Å²) in [5.41, 5.74) is 0. The Hall–Kier alpha value is -0.910. The molecule has 0 aromatic carbocycles. The molecule has 2 aliphatic rings. The zero-order valence-corrected chi connectivity index (χ0v) is 12.4. The van der Waals surface area contributed by atoms with Crippen LogP contribution in [0.4, 0.5) is 4.79 Å². The number of hydrogen-bond donors (Lipinski definition) is 1. The molecule has 2 rings (SSSR count). The summed E-state index contributed by atoms with van der Waals surface area (Å²) < 4.78 is 0. The van der Waals surface area contributed by atoms with Crippen molar-refractivity contribution in [1.29, 1.82) is 0 Å². The van der Waals surface area contributed by atoms with Gasteiger partial charge in [-0.15, -0.1) is 0 Å². The van der Waals surface area contributed by atoms with E-state index in [2.05, 4.69) is 6.92 Å². The van der Waals surface area contributed by atoms with E-state index in [1.165, 1.54) is 0 Å². The van der Waals surface area contributed by atoms with Crippen molar-refractivity contribution in [1.82, 2.24) is 9.80 Å². The summed E-state index contributed by atoms with van der Waals surface area (Å²) in [7, 11) is 0. The van der Waals surface area contributed by atoms with Crippen molar-refractivity contribution < 1.29 is 14.7 Å². The predicted molar refractivity (Wildman–Crippen MR) is 75.4 cm³/mol. The molecule has 0 spiro atoms. The number of aliphatic carboxylic acids is 1. The number of amides is 2. The Labute approximate surface area is 118 Å². The first kappa shape index (κ1) is 14.5. The predicted octanol–water partition coefficient (Wildman–Crippen LogP) is 1.59. The standard InChI is InChI=1S/C13H22N2O3S/c1-3-10-7-14(4-5-19-10)13(18)15-6-9(2)11(8-15)12(16)17/h9-11H,3-8H2,1-2H3,(H,16,17)/t9-,10?,11-/m1/s1. The SMILES string of the molecule is CCC1CN(C(=O)N2C[C@@H](C)[C@H](C(=O)O)C2)CCS1. The molecule has 5 nitrogen and oxygen atoms in total. The van der Waals surface area contributed by atoms with E-state index in [4.69, 9.17) is 5.11 Å². The van der Waals surface area contributed by atoms with Crippen molar-refractivity contribution in [3.63, 3.8) is 0 Å².